The second-order valence-electron chi connectivity index (χ2n) is 5.34. The van der Waals surface area contributed by atoms with Gasteiger partial charge in [0.1, 0.15) is 17.4 Å². The highest BCUT2D eigenvalue weighted by Gasteiger charge is 2.13. The van der Waals surface area contributed by atoms with Gasteiger partial charge < -0.3 is 4.74 Å². The molecular formula is C19H14IN5O2. The summed E-state index contributed by atoms with van der Waals surface area (Å²) in [6.07, 6.45) is 1.58. The molecule has 0 bridgehead atoms. The highest BCUT2D eigenvalue weighted by molar-refractivity contribution is 14.1. The molecular weight excluding hydrogens is 457 g/mol. The molecule has 0 unspecified atom stereocenters. The molecule has 0 saturated carbocycles. The summed E-state index contributed by atoms with van der Waals surface area (Å²) in [7, 11) is 1.59. The Hall–Kier alpha value is -3.19. The number of aromatic nitrogens is 2. The van der Waals surface area contributed by atoms with Crippen LogP contribution in [0.3, 0.4) is 0 Å². The first-order valence-electron chi connectivity index (χ1n) is 7.85. The van der Waals surface area contributed by atoms with Crippen molar-refractivity contribution in [3.8, 4) is 23.1 Å². The van der Waals surface area contributed by atoms with Crippen molar-refractivity contribution in [1.29, 1.82) is 5.26 Å². The number of rotatable bonds is 5. The van der Waals surface area contributed by atoms with Gasteiger partial charge in [0.25, 0.3) is 5.56 Å². The fraction of sp³-hybridized carbons (Fsp3) is 0.0526. The summed E-state index contributed by atoms with van der Waals surface area (Å²) in [5.74, 6) is 0.817. The van der Waals surface area contributed by atoms with E-state index in [-0.39, 0.29) is 11.5 Å². The maximum atomic E-state index is 12.2. The molecule has 0 aliphatic rings. The molecule has 0 spiro atoms. The van der Waals surface area contributed by atoms with E-state index in [9.17, 15) is 10.1 Å². The van der Waals surface area contributed by atoms with E-state index >= 15 is 0 Å². The lowest BCUT2D eigenvalue weighted by Crippen LogP contribution is -2.16. The maximum absolute atomic E-state index is 12.2. The van der Waals surface area contributed by atoms with Crippen LogP contribution in [0.5, 0.6) is 5.75 Å². The Morgan fingerprint density at radius 3 is 2.74 bits per heavy atom. The van der Waals surface area contributed by atoms with Gasteiger partial charge in [-0.2, -0.15) is 10.4 Å². The van der Waals surface area contributed by atoms with Gasteiger partial charge in [-0.05, 0) is 34.7 Å². The molecule has 27 heavy (non-hydrogen) atoms. The molecule has 0 fully saturated rings. The van der Waals surface area contributed by atoms with Gasteiger partial charge in [0.2, 0.25) is 5.95 Å². The van der Waals surface area contributed by atoms with Crippen LogP contribution >= 0.6 is 22.6 Å². The monoisotopic (exact) mass is 471 g/mol. The number of methoxy groups -OCH3 is 1. The Morgan fingerprint density at radius 1 is 1.26 bits per heavy atom. The predicted octanol–water partition coefficient (Wildman–Crippen LogP) is 3.37. The number of halogens is 1. The Morgan fingerprint density at radius 2 is 2.04 bits per heavy atom. The van der Waals surface area contributed by atoms with Gasteiger partial charge in [-0.3, -0.25) is 9.78 Å². The molecule has 134 valence electrons. The van der Waals surface area contributed by atoms with E-state index in [1.165, 1.54) is 0 Å². The molecule has 3 aromatic rings. The van der Waals surface area contributed by atoms with Crippen LogP contribution in [-0.2, 0) is 0 Å². The van der Waals surface area contributed by atoms with Gasteiger partial charge in [0.15, 0.2) is 0 Å². The lowest BCUT2D eigenvalue weighted by atomic mass is 10.1. The van der Waals surface area contributed by atoms with Crippen LogP contribution in [0.1, 0.15) is 11.1 Å². The van der Waals surface area contributed by atoms with Gasteiger partial charge in [0, 0.05) is 14.7 Å². The smallest absolute Gasteiger partial charge is 0.270 e. The molecule has 2 N–H and O–H groups in total. The predicted molar refractivity (Wildman–Crippen MR) is 112 cm³/mol. The molecule has 0 saturated heterocycles. The van der Waals surface area contributed by atoms with Gasteiger partial charge >= 0.3 is 0 Å². The average Bonchev–Trinajstić information content (AvgIpc) is 2.69. The number of ether oxygens (including phenoxy) is 1. The number of hydrogen-bond donors (Lipinski definition) is 2. The SMILES string of the molecule is COc1cccc(I)c1C=NNc1nc(-c2ccccc2)c(C#N)c(=O)[nH]1. The molecule has 1 aromatic heterocycles. The van der Waals surface area contributed by atoms with Crippen LogP contribution in [-0.4, -0.2) is 23.3 Å². The Bertz CT molecular complexity index is 1090. The second-order valence-corrected chi connectivity index (χ2v) is 6.50. The second kappa shape index (κ2) is 8.46. The van der Waals surface area contributed by atoms with Gasteiger partial charge in [-0.1, -0.05) is 36.4 Å². The zero-order chi connectivity index (χ0) is 19.2. The lowest BCUT2D eigenvalue weighted by molar-refractivity contribution is 0.414. The first-order chi connectivity index (χ1) is 13.1. The summed E-state index contributed by atoms with van der Waals surface area (Å²) in [5, 5.41) is 13.4. The van der Waals surface area contributed by atoms with E-state index in [4.69, 9.17) is 4.74 Å². The van der Waals surface area contributed by atoms with Crippen LogP contribution in [0.4, 0.5) is 5.95 Å². The van der Waals surface area contributed by atoms with Crippen molar-refractivity contribution >= 4 is 34.8 Å². The first kappa shape index (κ1) is 18.6. The van der Waals surface area contributed by atoms with E-state index in [1.807, 2.05) is 42.5 Å². The molecule has 7 nitrogen and oxygen atoms in total. The quantitative estimate of drug-likeness (QED) is 0.338. The van der Waals surface area contributed by atoms with Gasteiger partial charge in [-0.25, -0.2) is 10.4 Å². The van der Waals surface area contributed by atoms with Gasteiger partial charge in [0.05, 0.1) is 19.0 Å². The molecule has 0 amide bonds. The first-order valence-corrected chi connectivity index (χ1v) is 8.93. The third kappa shape index (κ3) is 4.15. The number of benzene rings is 2. The average molecular weight is 471 g/mol. The van der Waals surface area contributed by atoms with Crippen LogP contribution in [0.15, 0.2) is 58.4 Å². The minimum atomic E-state index is -0.532. The standard InChI is InChI=1S/C19H14IN5O2/c1-27-16-9-5-8-15(20)14(16)11-22-25-19-23-17(12-6-3-2-4-7-12)13(10-21)18(26)24-19/h2-9,11H,1H3,(H2,23,24,25,26). The number of anilines is 1. The van der Waals surface area contributed by atoms with Crippen molar-refractivity contribution in [2.45, 2.75) is 0 Å². The molecule has 0 aliphatic heterocycles. The van der Waals surface area contributed by atoms with Crippen LogP contribution in [0.2, 0.25) is 0 Å². The van der Waals surface area contributed by atoms with E-state index in [1.54, 1.807) is 25.5 Å². The van der Waals surface area contributed by atoms with Crippen molar-refractivity contribution in [2.75, 3.05) is 12.5 Å². The summed E-state index contributed by atoms with van der Waals surface area (Å²) >= 11 is 2.18. The summed E-state index contributed by atoms with van der Waals surface area (Å²) in [6.45, 7) is 0. The third-order valence-corrected chi connectivity index (χ3v) is 4.62. The number of hydrazone groups is 1. The van der Waals surface area contributed by atoms with Crippen molar-refractivity contribution in [1.82, 2.24) is 9.97 Å². The highest BCUT2D eigenvalue weighted by Crippen LogP contribution is 2.22. The summed E-state index contributed by atoms with van der Waals surface area (Å²) < 4.78 is 6.28. The van der Waals surface area contributed by atoms with Crippen molar-refractivity contribution in [3.63, 3.8) is 0 Å². The Kier molecular flexibility index (Phi) is 5.83. The molecule has 0 radical (unpaired) electrons. The largest absolute Gasteiger partial charge is 0.496 e. The van der Waals surface area contributed by atoms with Crippen molar-refractivity contribution in [3.05, 3.63) is 73.6 Å². The number of nitrogens with zero attached hydrogens (tertiary/aromatic N) is 3. The lowest BCUT2D eigenvalue weighted by Gasteiger charge is -2.07. The summed E-state index contributed by atoms with van der Waals surface area (Å²) in [4.78, 5) is 19.1. The molecule has 1 heterocycles. The molecule has 0 aliphatic carbocycles. The van der Waals surface area contributed by atoms with Crippen LogP contribution in [0.25, 0.3) is 11.3 Å². The van der Waals surface area contributed by atoms with E-state index in [0.29, 0.717) is 17.0 Å². The highest BCUT2D eigenvalue weighted by atomic mass is 127. The van der Waals surface area contributed by atoms with Crippen LogP contribution in [0, 0.1) is 14.9 Å². The third-order valence-electron chi connectivity index (χ3n) is 3.68. The van der Waals surface area contributed by atoms with E-state index in [0.717, 1.165) is 9.13 Å². The van der Waals surface area contributed by atoms with Crippen molar-refractivity contribution in [2.24, 2.45) is 5.10 Å². The van der Waals surface area contributed by atoms with E-state index in [2.05, 4.69) is 43.1 Å². The molecule has 2 aromatic carbocycles. The van der Waals surface area contributed by atoms with E-state index < -0.39 is 5.56 Å². The molecule has 8 heteroatoms. The number of nitriles is 1. The zero-order valence-electron chi connectivity index (χ0n) is 14.2. The maximum Gasteiger partial charge on any atom is 0.270 e. The number of hydrogen-bond acceptors (Lipinski definition) is 6. The fourth-order valence-corrected chi connectivity index (χ4v) is 3.03. The Balaban J connectivity index is 1.94. The van der Waals surface area contributed by atoms with Crippen LogP contribution < -0.4 is 15.7 Å². The number of H-pyrrole nitrogens is 1. The Labute approximate surface area is 168 Å². The molecule has 0 atom stereocenters. The van der Waals surface area contributed by atoms with Crippen molar-refractivity contribution < 1.29 is 4.74 Å². The fourth-order valence-electron chi connectivity index (χ4n) is 2.41. The molecule has 3 rings (SSSR count). The number of aromatic amines is 1. The minimum Gasteiger partial charge on any atom is -0.496 e. The number of nitrogens with one attached hydrogen (secondary N) is 2. The minimum absolute atomic E-state index is 0.0463. The normalized spacial score (nSPS) is 10.6. The zero-order valence-corrected chi connectivity index (χ0v) is 16.4. The summed E-state index contributed by atoms with van der Waals surface area (Å²) in [6, 6.07) is 16.6. The summed E-state index contributed by atoms with van der Waals surface area (Å²) in [5.41, 5.74) is 3.90. The van der Waals surface area contributed by atoms with Gasteiger partial charge in [-0.15, -0.1) is 0 Å². The topological polar surface area (TPSA) is 103 Å².